The van der Waals surface area contributed by atoms with Crippen LogP contribution in [0.3, 0.4) is 0 Å². The molecule has 34 heavy (non-hydrogen) atoms. The van der Waals surface area contributed by atoms with E-state index in [1.165, 1.54) is 6.92 Å². The molecule has 0 rings (SSSR count). The molecule has 0 radical (unpaired) electrons. The van der Waals surface area contributed by atoms with Crippen LogP contribution in [0.4, 0.5) is 0 Å². The van der Waals surface area contributed by atoms with Crippen LogP contribution in [0.2, 0.25) is 0 Å². The summed E-state index contributed by atoms with van der Waals surface area (Å²) in [6.45, 7) is -1.64. The first-order valence-corrected chi connectivity index (χ1v) is 9.92. The quantitative estimate of drug-likeness (QED) is 0.0855. The lowest BCUT2D eigenvalue weighted by atomic mass is 10.0. The Labute approximate surface area is 193 Å². The summed E-state index contributed by atoms with van der Waals surface area (Å²) in [6, 6.07) is -4.19. The number of aliphatic hydroxyl groups excluding tert-OH is 4. The number of amides is 4. The molecule has 0 aliphatic carbocycles. The normalized spacial score (nSPS) is 16.1. The van der Waals surface area contributed by atoms with Crippen LogP contribution < -0.4 is 21.7 Å². The number of carbonyl (C=O) groups is 6. The Morgan fingerprint density at radius 3 is 2.12 bits per heavy atom. The molecule has 0 saturated heterocycles. The molecular weight excluding hydrogens is 464 g/mol. The third-order valence-electron chi connectivity index (χ3n) is 4.37. The highest BCUT2D eigenvalue weighted by atomic mass is 16.5. The van der Waals surface area contributed by atoms with Crippen LogP contribution in [0.1, 0.15) is 19.8 Å². The van der Waals surface area contributed by atoms with Crippen molar-refractivity contribution in [2.24, 2.45) is 5.73 Å². The highest BCUT2D eigenvalue weighted by molar-refractivity contribution is 5.91. The first-order valence-electron chi connectivity index (χ1n) is 9.92. The largest absolute Gasteiger partial charge is 0.481 e. The first-order chi connectivity index (χ1) is 15.9. The maximum atomic E-state index is 12.2. The summed E-state index contributed by atoms with van der Waals surface area (Å²) in [6.07, 6.45) is -6.11. The maximum absolute atomic E-state index is 12.2. The first kappa shape index (κ1) is 30.8. The number of aliphatic hydroxyl groups is 4. The third kappa shape index (κ3) is 11.1. The number of ether oxygens (including phenoxy) is 1. The van der Waals surface area contributed by atoms with Crippen LogP contribution in [0.5, 0.6) is 0 Å². The van der Waals surface area contributed by atoms with Gasteiger partial charge >= 0.3 is 5.97 Å². The Morgan fingerprint density at radius 1 is 1.03 bits per heavy atom. The molecule has 2 unspecified atom stereocenters. The van der Waals surface area contributed by atoms with Crippen molar-refractivity contribution in [1.29, 1.82) is 0 Å². The topological polar surface area (TPSA) is 275 Å². The lowest BCUT2D eigenvalue weighted by Gasteiger charge is -2.30. The molecule has 4 amide bonds. The van der Waals surface area contributed by atoms with Crippen LogP contribution >= 0.6 is 0 Å². The van der Waals surface area contributed by atoms with Crippen molar-refractivity contribution in [3.8, 4) is 0 Å². The Balaban J connectivity index is 5.11. The van der Waals surface area contributed by atoms with Crippen molar-refractivity contribution in [3.05, 3.63) is 0 Å². The van der Waals surface area contributed by atoms with Gasteiger partial charge in [0.1, 0.15) is 55.9 Å². The number of aliphatic carboxylic acids is 1. The second kappa shape index (κ2) is 15.6. The molecule has 0 heterocycles. The lowest BCUT2D eigenvalue weighted by molar-refractivity contribution is -0.147. The van der Waals surface area contributed by atoms with Gasteiger partial charge in [0.2, 0.25) is 23.6 Å². The molecule has 0 aliphatic heterocycles. The van der Waals surface area contributed by atoms with Gasteiger partial charge in [-0.1, -0.05) is 0 Å². The molecule has 0 bridgehead atoms. The number of carboxylic acid groups (broad SMARTS) is 1. The summed E-state index contributed by atoms with van der Waals surface area (Å²) < 4.78 is 5.12. The number of hydrogen-bond acceptors (Lipinski definition) is 11. The Hall–Kier alpha value is -3.18. The highest BCUT2D eigenvalue weighted by Gasteiger charge is 2.35. The fraction of sp³-hybridized carbons (Fsp3) is 0.667. The second-order valence-corrected chi connectivity index (χ2v) is 7.09. The van der Waals surface area contributed by atoms with Gasteiger partial charge in [-0.3, -0.25) is 24.0 Å². The van der Waals surface area contributed by atoms with Gasteiger partial charge in [-0.2, -0.15) is 0 Å². The molecule has 0 saturated carbocycles. The van der Waals surface area contributed by atoms with E-state index in [9.17, 15) is 39.0 Å². The van der Waals surface area contributed by atoms with Gasteiger partial charge in [-0.15, -0.1) is 0 Å². The van der Waals surface area contributed by atoms with Crippen molar-refractivity contribution in [2.45, 2.75) is 56.2 Å². The summed E-state index contributed by atoms with van der Waals surface area (Å²) in [5.74, 6) is -5.07. The molecular formula is C18H30N4O12. The Kier molecular flexibility index (Phi) is 14.2. The predicted molar refractivity (Wildman–Crippen MR) is 110 cm³/mol. The minimum atomic E-state index is -1.95. The summed E-state index contributed by atoms with van der Waals surface area (Å²) in [7, 11) is 0. The maximum Gasteiger partial charge on any atom is 0.303 e. The summed E-state index contributed by atoms with van der Waals surface area (Å²) in [5.41, 5.74) is 5.11. The SMILES string of the molecule is CC(NC(=O)CO[C@@H]([C@H](O)[C@H](O)CO)[C@H](C=O)NC(=O)CO)C(=O)NC(CCC(=O)O)C(N)=O. The van der Waals surface area contributed by atoms with E-state index >= 15 is 0 Å². The second-order valence-electron chi connectivity index (χ2n) is 7.09. The smallest absolute Gasteiger partial charge is 0.303 e. The number of primary amides is 1. The van der Waals surface area contributed by atoms with Crippen molar-refractivity contribution in [1.82, 2.24) is 16.0 Å². The monoisotopic (exact) mass is 494 g/mol. The Morgan fingerprint density at radius 2 is 1.65 bits per heavy atom. The average molecular weight is 494 g/mol. The van der Waals surface area contributed by atoms with E-state index in [1.54, 1.807) is 0 Å². The van der Waals surface area contributed by atoms with Gasteiger partial charge in [0.15, 0.2) is 0 Å². The van der Waals surface area contributed by atoms with Crippen molar-refractivity contribution < 1.29 is 59.0 Å². The van der Waals surface area contributed by atoms with Crippen LogP contribution in [-0.4, -0.2) is 118 Å². The van der Waals surface area contributed by atoms with Gasteiger partial charge < -0.3 is 56.7 Å². The van der Waals surface area contributed by atoms with Gasteiger partial charge in [-0.05, 0) is 13.3 Å². The zero-order chi connectivity index (χ0) is 26.4. The van der Waals surface area contributed by atoms with Crippen LogP contribution in [0.25, 0.3) is 0 Å². The highest BCUT2D eigenvalue weighted by Crippen LogP contribution is 2.09. The molecule has 0 aromatic heterocycles. The van der Waals surface area contributed by atoms with E-state index in [0.29, 0.717) is 0 Å². The van der Waals surface area contributed by atoms with E-state index < -0.39 is 92.3 Å². The van der Waals surface area contributed by atoms with Gasteiger partial charge in [0.25, 0.3) is 0 Å². The van der Waals surface area contributed by atoms with Crippen LogP contribution in [0.15, 0.2) is 0 Å². The number of carboxylic acids is 1. The number of nitrogens with one attached hydrogen (secondary N) is 3. The van der Waals surface area contributed by atoms with Crippen LogP contribution in [0, 0.1) is 0 Å². The Bertz CT molecular complexity index is 734. The number of hydrogen-bond donors (Lipinski definition) is 9. The molecule has 6 atom stereocenters. The predicted octanol–water partition coefficient (Wildman–Crippen LogP) is -5.90. The summed E-state index contributed by atoms with van der Waals surface area (Å²) in [4.78, 5) is 69.0. The molecule has 16 heteroatoms. The van der Waals surface area contributed by atoms with Gasteiger partial charge in [-0.25, -0.2) is 0 Å². The van der Waals surface area contributed by atoms with E-state index in [1.807, 2.05) is 5.32 Å². The molecule has 194 valence electrons. The van der Waals surface area contributed by atoms with E-state index in [4.69, 9.17) is 25.8 Å². The van der Waals surface area contributed by atoms with Crippen molar-refractivity contribution >= 4 is 35.9 Å². The molecule has 10 N–H and O–H groups in total. The van der Waals surface area contributed by atoms with E-state index in [-0.39, 0.29) is 12.7 Å². The fourth-order valence-corrected chi connectivity index (χ4v) is 2.54. The zero-order valence-electron chi connectivity index (χ0n) is 18.2. The molecule has 0 spiro atoms. The standard InChI is InChI=1S/C18H30N4O12/c1-8(18(33)22-9(17(19)32)2-3-14(29)30)20-13(28)7-34-16(15(31)11(26)5-24)10(4-23)21-12(27)6-25/h4,8-11,15-16,24-26,31H,2-3,5-7H2,1H3,(H2,19,32)(H,20,28)(H,21,27)(H,22,33)(H,29,30)/t8?,9?,10-,11+,15+,16+/m0/s1. The summed E-state index contributed by atoms with van der Waals surface area (Å²) >= 11 is 0. The average Bonchev–Trinajstić information content (AvgIpc) is 2.79. The molecule has 0 aromatic rings. The van der Waals surface area contributed by atoms with Crippen LogP contribution in [-0.2, 0) is 33.5 Å². The molecule has 0 aliphatic rings. The van der Waals surface area contributed by atoms with E-state index in [0.717, 1.165) is 0 Å². The summed E-state index contributed by atoms with van der Waals surface area (Å²) in [5, 5.41) is 52.6. The lowest BCUT2D eigenvalue weighted by Crippen LogP contribution is -2.56. The number of aldehydes is 1. The van der Waals surface area contributed by atoms with Gasteiger partial charge in [0.05, 0.1) is 6.61 Å². The van der Waals surface area contributed by atoms with Crippen molar-refractivity contribution in [3.63, 3.8) is 0 Å². The third-order valence-corrected chi connectivity index (χ3v) is 4.37. The number of nitrogens with two attached hydrogens (primary N) is 1. The van der Waals surface area contributed by atoms with E-state index in [2.05, 4.69) is 10.6 Å². The minimum Gasteiger partial charge on any atom is -0.481 e. The molecule has 0 aromatic carbocycles. The van der Waals surface area contributed by atoms with Crippen molar-refractivity contribution in [2.75, 3.05) is 19.8 Å². The minimum absolute atomic E-state index is 0.112. The number of carbonyl (C=O) groups excluding carboxylic acids is 5. The fourth-order valence-electron chi connectivity index (χ4n) is 2.54. The number of rotatable bonds is 17. The zero-order valence-corrected chi connectivity index (χ0v) is 18.2. The molecule has 0 fully saturated rings. The molecule has 16 nitrogen and oxygen atoms in total. The van der Waals surface area contributed by atoms with Gasteiger partial charge in [0, 0.05) is 6.42 Å².